The standard InChI is InChI=1S/C16H21N3O/c1-9(2)13-7-14(17)10(3)6-15(13)20-16-8-18-11(4)12(5)19-16/h6-9H,17H2,1-5H3. The van der Waals surface area contributed by atoms with Crippen LogP contribution in [0.25, 0.3) is 0 Å². The van der Waals surface area contributed by atoms with Gasteiger partial charge in [0.25, 0.3) is 0 Å². The number of nitrogens with zero attached hydrogens (tertiary/aromatic N) is 2. The van der Waals surface area contributed by atoms with E-state index in [0.717, 1.165) is 34.0 Å². The number of hydrogen-bond acceptors (Lipinski definition) is 4. The first-order valence-corrected chi connectivity index (χ1v) is 6.76. The van der Waals surface area contributed by atoms with Crippen molar-refractivity contribution in [3.05, 3.63) is 40.8 Å². The largest absolute Gasteiger partial charge is 0.437 e. The van der Waals surface area contributed by atoms with Crippen LogP contribution < -0.4 is 10.5 Å². The molecule has 20 heavy (non-hydrogen) atoms. The third-order valence-electron chi connectivity index (χ3n) is 3.41. The maximum absolute atomic E-state index is 5.98. The molecular formula is C16H21N3O. The Kier molecular flexibility index (Phi) is 3.93. The third kappa shape index (κ3) is 2.90. The number of ether oxygens (including phenoxy) is 1. The van der Waals surface area contributed by atoms with E-state index in [4.69, 9.17) is 10.5 Å². The minimum atomic E-state index is 0.326. The lowest BCUT2D eigenvalue weighted by atomic mass is 9.99. The van der Waals surface area contributed by atoms with Gasteiger partial charge >= 0.3 is 0 Å². The maximum Gasteiger partial charge on any atom is 0.238 e. The summed E-state index contributed by atoms with van der Waals surface area (Å²) in [6, 6.07) is 3.94. The van der Waals surface area contributed by atoms with Gasteiger partial charge in [0.05, 0.1) is 17.6 Å². The molecule has 4 nitrogen and oxygen atoms in total. The van der Waals surface area contributed by atoms with E-state index in [2.05, 4.69) is 23.8 Å². The fourth-order valence-corrected chi connectivity index (χ4v) is 1.94. The molecule has 0 atom stereocenters. The van der Waals surface area contributed by atoms with E-state index in [1.54, 1.807) is 6.20 Å². The van der Waals surface area contributed by atoms with Crippen molar-refractivity contribution in [2.75, 3.05) is 5.73 Å². The molecule has 1 aromatic carbocycles. The Hall–Kier alpha value is -2.10. The monoisotopic (exact) mass is 271 g/mol. The minimum absolute atomic E-state index is 0.326. The molecule has 0 spiro atoms. The highest BCUT2D eigenvalue weighted by Crippen LogP contribution is 2.33. The molecule has 0 aliphatic rings. The summed E-state index contributed by atoms with van der Waals surface area (Å²) in [5.74, 6) is 1.64. The molecule has 2 rings (SSSR count). The van der Waals surface area contributed by atoms with E-state index >= 15 is 0 Å². The second kappa shape index (κ2) is 5.49. The average molecular weight is 271 g/mol. The molecule has 1 heterocycles. The quantitative estimate of drug-likeness (QED) is 0.860. The molecule has 0 saturated carbocycles. The fourth-order valence-electron chi connectivity index (χ4n) is 1.94. The minimum Gasteiger partial charge on any atom is -0.437 e. The normalized spacial score (nSPS) is 10.9. The molecule has 2 N–H and O–H groups in total. The van der Waals surface area contributed by atoms with Crippen LogP contribution in [0.1, 0.15) is 42.3 Å². The van der Waals surface area contributed by atoms with Crippen molar-refractivity contribution in [2.24, 2.45) is 0 Å². The van der Waals surface area contributed by atoms with Crippen LogP contribution in [0.5, 0.6) is 11.6 Å². The summed E-state index contributed by atoms with van der Waals surface area (Å²) in [5.41, 5.74) is 10.6. The highest BCUT2D eigenvalue weighted by Gasteiger charge is 2.12. The zero-order valence-electron chi connectivity index (χ0n) is 12.7. The van der Waals surface area contributed by atoms with Gasteiger partial charge in [0.1, 0.15) is 5.75 Å². The van der Waals surface area contributed by atoms with Gasteiger partial charge in [-0.25, -0.2) is 4.98 Å². The maximum atomic E-state index is 5.98. The molecule has 0 saturated heterocycles. The van der Waals surface area contributed by atoms with Crippen LogP contribution in [0.15, 0.2) is 18.3 Å². The third-order valence-corrected chi connectivity index (χ3v) is 3.41. The summed E-state index contributed by atoms with van der Waals surface area (Å²) < 4.78 is 5.91. The molecule has 106 valence electrons. The number of benzene rings is 1. The van der Waals surface area contributed by atoms with Crippen LogP contribution in [-0.4, -0.2) is 9.97 Å². The summed E-state index contributed by atoms with van der Waals surface area (Å²) in [6.07, 6.45) is 1.65. The molecule has 0 fully saturated rings. The summed E-state index contributed by atoms with van der Waals surface area (Å²) in [4.78, 5) is 8.68. The molecule has 0 aliphatic carbocycles. The number of nitrogen functional groups attached to an aromatic ring is 1. The van der Waals surface area contributed by atoms with Gasteiger partial charge in [0, 0.05) is 5.69 Å². The first-order valence-electron chi connectivity index (χ1n) is 6.76. The number of aromatic nitrogens is 2. The SMILES string of the molecule is Cc1cc(Oc2cnc(C)c(C)n2)c(C(C)C)cc1N. The predicted molar refractivity (Wildman–Crippen MR) is 81.3 cm³/mol. The molecule has 0 radical (unpaired) electrons. The Balaban J connectivity index is 2.41. The van der Waals surface area contributed by atoms with Crippen LogP contribution in [-0.2, 0) is 0 Å². The van der Waals surface area contributed by atoms with Gasteiger partial charge in [0.2, 0.25) is 5.88 Å². The highest BCUT2D eigenvalue weighted by molar-refractivity contribution is 5.55. The topological polar surface area (TPSA) is 61.0 Å². The summed E-state index contributed by atoms with van der Waals surface area (Å²) in [7, 11) is 0. The lowest BCUT2D eigenvalue weighted by Crippen LogP contribution is -2.01. The van der Waals surface area contributed by atoms with Crippen molar-refractivity contribution in [2.45, 2.75) is 40.5 Å². The molecule has 0 amide bonds. The zero-order valence-corrected chi connectivity index (χ0v) is 12.7. The molecule has 0 aliphatic heterocycles. The second-order valence-electron chi connectivity index (χ2n) is 5.38. The van der Waals surface area contributed by atoms with Gasteiger partial charge in [-0.3, -0.25) is 4.98 Å². The Morgan fingerprint density at radius 1 is 1.10 bits per heavy atom. The smallest absolute Gasteiger partial charge is 0.238 e. The lowest BCUT2D eigenvalue weighted by molar-refractivity contribution is 0.449. The average Bonchev–Trinajstić information content (AvgIpc) is 2.37. The number of hydrogen-bond donors (Lipinski definition) is 1. The van der Waals surface area contributed by atoms with Gasteiger partial charge in [-0.05, 0) is 49.9 Å². The van der Waals surface area contributed by atoms with Crippen LogP contribution in [0.2, 0.25) is 0 Å². The van der Waals surface area contributed by atoms with E-state index in [1.807, 2.05) is 32.9 Å². The van der Waals surface area contributed by atoms with E-state index in [1.165, 1.54) is 0 Å². The Morgan fingerprint density at radius 2 is 1.80 bits per heavy atom. The summed E-state index contributed by atoms with van der Waals surface area (Å²) >= 11 is 0. The van der Waals surface area contributed by atoms with E-state index in [-0.39, 0.29) is 0 Å². The van der Waals surface area contributed by atoms with Crippen LogP contribution >= 0.6 is 0 Å². The van der Waals surface area contributed by atoms with Crippen molar-refractivity contribution in [3.8, 4) is 11.6 Å². The number of rotatable bonds is 3. The first kappa shape index (κ1) is 14.3. The fraction of sp³-hybridized carbons (Fsp3) is 0.375. The highest BCUT2D eigenvalue weighted by atomic mass is 16.5. The Bertz CT molecular complexity index is 636. The van der Waals surface area contributed by atoms with Crippen LogP contribution in [0, 0.1) is 20.8 Å². The molecule has 0 unspecified atom stereocenters. The van der Waals surface area contributed by atoms with E-state index < -0.39 is 0 Å². The van der Waals surface area contributed by atoms with Gasteiger partial charge in [-0.15, -0.1) is 0 Å². The predicted octanol–water partition coefficient (Wildman–Crippen LogP) is 3.90. The molecule has 2 aromatic rings. The lowest BCUT2D eigenvalue weighted by Gasteiger charge is -2.15. The van der Waals surface area contributed by atoms with Crippen molar-refractivity contribution in [1.29, 1.82) is 0 Å². The van der Waals surface area contributed by atoms with Crippen molar-refractivity contribution in [3.63, 3.8) is 0 Å². The number of nitrogens with two attached hydrogens (primary N) is 1. The van der Waals surface area contributed by atoms with Gasteiger partial charge in [-0.1, -0.05) is 13.8 Å². The number of aryl methyl sites for hydroxylation is 3. The molecule has 4 heteroatoms. The molecule has 1 aromatic heterocycles. The number of anilines is 1. The summed E-state index contributed by atoms with van der Waals surface area (Å²) in [5, 5.41) is 0. The Labute approximate surface area is 120 Å². The van der Waals surface area contributed by atoms with Crippen LogP contribution in [0.3, 0.4) is 0 Å². The van der Waals surface area contributed by atoms with Gasteiger partial charge < -0.3 is 10.5 Å². The van der Waals surface area contributed by atoms with Crippen molar-refractivity contribution < 1.29 is 4.74 Å². The van der Waals surface area contributed by atoms with Crippen molar-refractivity contribution >= 4 is 5.69 Å². The Morgan fingerprint density at radius 3 is 2.40 bits per heavy atom. The first-order chi connectivity index (χ1) is 9.38. The summed E-state index contributed by atoms with van der Waals surface area (Å²) in [6.45, 7) is 10.1. The van der Waals surface area contributed by atoms with E-state index in [0.29, 0.717) is 11.8 Å². The molecule has 0 bridgehead atoms. The van der Waals surface area contributed by atoms with Gasteiger partial charge in [-0.2, -0.15) is 0 Å². The second-order valence-corrected chi connectivity index (χ2v) is 5.38. The molecular weight excluding hydrogens is 250 g/mol. The zero-order chi connectivity index (χ0) is 14.9. The van der Waals surface area contributed by atoms with Crippen LogP contribution in [0.4, 0.5) is 5.69 Å². The van der Waals surface area contributed by atoms with Crippen molar-refractivity contribution in [1.82, 2.24) is 9.97 Å². The van der Waals surface area contributed by atoms with E-state index in [9.17, 15) is 0 Å². The van der Waals surface area contributed by atoms with Gasteiger partial charge in [0.15, 0.2) is 0 Å².